The lowest BCUT2D eigenvalue weighted by atomic mass is 9.99. The van der Waals surface area contributed by atoms with Crippen LogP contribution in [0.25, 0.3) is 11.3 Å². The average molecular weight is 484 g/mol. The van der Waals surface area contributed by atoms with Crippen LogP contribution in [0.1, 0.15) is 57.5 Å². The van der Waals surface area contributed by atoms with Crippen molar-refractivity contribution in [1.82, 2.24) is 14.9 Å². The smallest absolute Gasteiger partial charge is 0.408 e. The van der Waals surface area contributed by atoms with Crippen LogP contribution in [0.2, 0.25) is 25.7 Å². The minimum Gasteiger partial charge on any atom is -0.444 e. The van der Waals surface area contributed by atoms with Gasteiger partial charge in [-0.3, -0.25) is 0 Å². The van der Waals surface area contributed by atoms with Gasteiger partial charge in [-0.2, -0.15) is 0 Å². The third kappa shape index (κ3) is 8.13. The summed E-state index contributed by atoms with van der Waals surface area (Å²) in [6.07, 6.45) is 9.70. The molecular weight excluding hydrogens is 442 g/mol. The molecular formula is C27H41N3O3Si. The second-order valence-corrected chi connectivity index (χ2v) is 16.9. The maximum atomic E-state index is 12.7. The maximum Gasteiger partial charge on any atom is 0.408 e. The van der Waals surface area contributed by atoms with Gasteiger partial charge in [0.25, 0.3) is 0 Å². The summed E-state index contributed by atoms with van der Waals surface area (Å²) in [5, 5.41) is 3.06. The van der Waals surface area contributed by atoms with Crippen LogP contribution >= 0.6 is 0 Å². The zero-order chi connectivity index (χ0) is 24.8. The van der Waals surface area contributed by atoms with Gasteiger partial charge in [0.05, 0.1) is 11.7 Å². The van der Waals surface area contributed by atoms with E-state index in [-0.39, 0.29) is 6.04 Å². The van der Waals surface area contributed by atoms with Gasteiger partial charge < -0.3 is 19.4 Å². The number of allylic oxidation sites excluding steroid dienone is 1. The summed E-state index contributed by atoms with van der Waals surface area (Å²) < 4.78 is 13.7. The van der Waals surface area contributed by atoms with Gasteiger partial charge in [-0.05, 0) is 58.1 Å². The molecule has 2 aromatic rings. The van der Waals surface area contributed by atoms with E-state index in [4.69, 9.17) is 14.5 Å². The first-order valence-corrected chi connectivity index (χ1v) is 16.1. The highest BCUT2D eigenvalue weighted by molar-refractivity contribution is 6.76. The number of rotatable bonds is 6. The fourth-order valence-electron chi connectivity index (χ4n) is 3.91. The summed E-state index contributed by atoms with van der Waals surface area (Å²) in [6.45, 7) is 13.8. The molecule has 2 bridgehead atoms. The Morgan fingerprint density at radius 3 is 2.71 bits per heavy atom. The average Bonchev–Trinajstić information content (AvgIpc) is 3.14. The van der Waals surface area contributed by atoms with Crippen molar-refractivity contribution in [1.29, 1.82) is 0 Å². The molecule has 1 aromatic heterocycles. The van der Waals surface area contributed by atoms with Crippen LogP contribution < -0.4 is 5.32 Å². The van der Waals surface area contributed by atoms with Crippen LogP contribution in [0.15, 0.2) is 42.6 Å². The van der Waals surface area contributed by atoms with Crippen LogP contribution in [0.4, 0.5) is 4.79 Å². The van der Waals surface area contributed by atoms with Crippen LogP contribution in [0, 0.1) is 0 Å². The van der Waals surface area contributed by atoms with Crippen molar-refractivity contribution in [3.8, 4) is 11.3 Å². The van der Waals surface area contributed by atoms with Gasteiger partial charge >= 0.3 is 6.09 Å². The van der Waals surface area contributed by atoms with Crippen molar-refractivity contribution in [2.45, 2.75) is 90.5 Å². The Labute approximate surface area is 205 Å². The molecule has 1 aliphatic heterocycles. The monoisotopic (exact) mass is 483 g/mol. The molecule has 1 amide bonds. The zero-order valence-corrected chi connectivity index (χ0v) is 22.7. The molecule has 1 atom stereocenters. The summed E-state index contributed by atoms with van der Waals surface area (Å²) in [5.41, 5.74) is 2.79. The molecule has 1 aromatic carbocycles. The van der Waals surface area contributed by atoms with Gasteiger partial charge in [0, 0.05) is 26.4 Å². The molecule has 0 fully saturated rings. The van der Waals surface area contributed by atoms with Gasteiger partial charge in [0.1, 0.15) is 18.2 Å². The highest BCUT2D eigenvalue weighted by Crippen LogP contribution is 2.28. The molecule has 34 heavy (non-hydrogen) atoms. The van der Waals surface area contributed by atoms with Gasteiger partial charge in [-0.25, -0.2) is 9.78 Å². The molecule has 0 radical (unpaired) electrons. The summed E-state index contributed by atoms with van der Waals surface area (Å²) in [7, 11) is -1.18. The summed E-state index contributed by atoms with van der Waals surface area (Å²) >= 11 is 0. The molecule has 0 unspecified atom stereocenters. The van der Waals surface area contributed by atoms with Crippen molar-refractivity contribution in [3.63, 3.8) is 0 Å². The minimum absolute atomic E-state index is 0.313. The van der Waals surface area contributed by atoms with Crippen molar-refractivity contribution in [2.75, 3.05) is 6.61 Å². The number of amides is 1. The number of carbonyl (C=O) groups excluding carboxylic acids is 1. The second kappa shape index (κ2) is 11.4. The predicted molar refractivity (Wildman–Crippen MR) is 141 cm³/mol. The normalized spacial score (nSPS) is 17.8. The van der Waals surface area contributed by atoms with E-state index >= 15 is 0 Å². The zero-order valence-electron chi connectivity index (χ0n) is 21.7. The quantitative estimate of drug-likeness (QED) is 0.282. The van der Waals surface area contributed by atoms with E-state index in [1.54, 1.807) is 0 Å². The Kier molecular flexibility index (Phi) is 8.76. The molecule has 1 N–H and O–H groups in total. The number of aryl methyl sites for hydroxylation is 1. The number of benzene rings is 1. The van der Waals surface area contributed by atoms with E-state index in [0.717, 1.165) is 49.0 Å². The largest absolute Gasteiger partial charge is 0.444 e. The number of carbonyl (C=O) groups is 1. The number of fused-ring (bicyclic) bond motifs is 4. The number of alkyl carbamates (subject to hydrolysis) is 1. The Bertz CT molecular complexity index is 986. The lowest BCUT2D eigenvalue weighted by Crippen LogP contribution is -2.36. The molecule has 0 saturated carbocycles. The number of aromatic nitrogens is 2. The lowest BCUT2D eigenvalue weighted by Gasteiger charge is -2.23. The van der Waals surface area contributed by atoms with Gasteiger partial charge in [0.2, 0.25) is 0 Å². The fraction of sp³-hybridized carbons (Fsp3) is 0.556. The van der Waals surface area contributed by atoms with Crippen LogP contribution in [0.3, 0.4) is 0 Å². The second-order valence-electron chi connectivity index (χ2n) is 11.3. The molecule has 3 rings (SSSR count). The van der Waals surface area contributed by atoms with E-state index in [1.165, 1.54) is 5.56 Å². The molecule has 7 heteroatoms. The maximum absolute atomic E-state index is 12.7. The first kappa shape index (κ1) is 26.2. The highest BCUT2D eigenvalue weighted by Gasteiger charge is 2.25. The van der Waals surface area contributed by atoms with Crippen LogP contribution in [-0.4, -0.2) is 35.9 Å². The van der Waals surface area contributed by atoms with Gasteiger partial charge in [0.15, 0.2) is 0 Å². The minimum atomic E-state index is -1.18. The molecule has 0 saturated heterocycles. The lowest BCUT2D eigenvalue weighted by molar-refractivity contribution is 0.0492. The molecule has 2 heterocycles. The fourth-order valence-corrected chi connectivity index (χ4v) is 4.67. The molecule has 0 spiro atoms. The third-order valence-electron chi connectivity index (χ3n) is 5.69. The molecule has 0 aliphatic carbocycles. The predicted octanol–water partition coefficient (Wildman–Crippen LogP) is 6.71. The Hall–Kier alpha value is -2.38. The van der Waals surface area contributed by atoms with E-state index in [1.807, 2.05) is 25.3 Å². The van der Waals surface area contributed by atoms with E-state index in [0.29, 0.717) is 13.2 Å². The van der Waals surface area contributed by atoms with Gasteiger partial charge in [-0.1, -0.05) is 56.1 Å². The van der Waals surface area contributed by atoms with Crippen LogP contribution in [-0.2, 0) is 22.6 Å². The standard InChI is InChI=1S/C27H41N3O3Si/c1-27(2,3)33-26(31)29-23-16-10-8-7-9-13-21-14-11-12-15-22(21)24-19-30(25(23)28-24)20-32-17-18-34(4,5)6/h8,10-12,14-15,19,23H,7,9,13,16-18,20H2,1-6H3,(H,29,31)/b10-8-/t23-/m0/s1. The number of imidazole rings is 1. The number of ether oxygens (including phenoxy) is 2. The number of hydrogen-bond acceptors (Lipinski definition) is 4. The topological polar surface area (TPSA) is 65.4 Å². The summed E-state index contributed by atoms with van der Waals surface area (Å²) in [6, 6.07) is 9.26. The van der Waals surface area contributed by atoms with Crippen molar-refractivity contribution in [3.05, 3.63) is 54.0 Å². The third-order valence-corrected chi connectivity index (χ3v) is 7.39. The van der Waals surface area contributed by atoms with Crippen LogP contribution in [0.5, 0.6) is 0 Å². The summed E-state index contributed by atoms with van der Waals surface area (Å²) in [5.74, 6) is 0.786. The van der Waals surface area contributed by atoms with Crippen molar-refractivity contribution < 1.29 is 14.3 Å². The Morgan fingerprint density at radius 2 is 1.97 bits per heavy atom. The molecule has 1 aliphatic rings. The van der Waals surface area contributed by atoms with E-state index in [9.17, 15) is 4.79 Å². The van der Waals surface area contributed by atoms with Crippen molar-refractivity contribution >= 4 is 14.2 Å². The summed E-state index contributed by atoms with van der Waals surface area (Å²) in [4.78, 5) is 17.7. The highest BCUT2D eigenvalue weighted by atomic mass is 28.3. The molecule has 186 valence electrons. The number of nitrogens with zero attached hydrogens (tertiary/aromatic N) is 2. The first-order valence-electron chi connectivity index (χ1n) is 12.4. The number of nitrogens with one attached hydrogen (secondary N) is 1. The molecule has 6 nitrogen and oxygen atoms in total. The first-order chi connectivity index (χ1) is 16.0. The van der Waals surface area contributed by atoms with E-state index in [2.05, 4.69) is 67.6 Å². The Balaban J connectivity index is 1.94. The SMILES string of the molecule is CC(C)(C)OC(=O)N[C@H]1C/C=C\CCCc2ccccc2-c2cn(COCC[Si](C)(C)C)c1n2. The Morgan fingerprint density at radius 1 is 1.21 bits per heavy atom. The number of hydrogen-bond donors (Lipinski definition) is 1. The van der Waals surface area contributed by atoms with Crippen molar-refractivity contribution in [2.24, 2.45) is 0 Å². The van der Waals surface area contributed by atoms with Gasteiger partial charge in [-0.15, -0.1) is 0 Å². The van der Waals surface area contributed by atoms with E-state index < -0.39 is 19.8 Å².